The van der Waals surface area contributed by atoms with Crippen molar-refractivity contribution in [3.05, 3.63) is 82.9 Å². The standard InChI is InChI=1S/C22H17ClN2O5S2/c1-3-15-5-4-6-17(13-15)24-22(26)20-14-19(11-12-21(20)23)32(29,30)25-16-7-9-18(10-8-16)31(2,27)28/h1,4-14,25H,2H3,(H,24,26). The molecule has 0 fully saturated rings. The van der Waals surface area contributed by atoms with Gasteiger partial charge in [0.15, 0.2) is 9.84 Å². The topological polar surface area (TPSA) is 109 Å². The highest BCUT2D eigenvalue weighted by Gasteiger charge is 2.19. The number of benzene rings is 3. The summed E-state index contributed by atoms with van der Waals surface area (Å²) in [7, 11) is -7.50. The molecule has 3 rings (SSSR count). The zero-order valence-corrected chi connectivity index (χ0v) is 19.1. The Morgan fingerprint density at radius 1 is 0.906 bits per heavy atom. The first-order valence-electron chi connectivity index (χ1n) is 9.00. The fourth-order valence-corrected chi connectivity index (χ4v) is 4.63. The van der Waals surface area contributed by atoms with E-state index >= 15 is 0 Å². The molecule has 7 nitrogen and oxygen atoms in total. The van der Waals surface area contributed by atoms with Crippen molar-refractivity contribution in [3.63, 3.8) is 0 Å². The molecule has 0 radical (unpaired) electrons. The average molecular weight is 489 g/mol. The highest BCUT2D eigenvalue weighted by Crippen LogP contribution is 2.24. The average Bonchev–Trinajstić information content (AvgIpc) is 2.73. The second-order valence-electron chi connectivity index (χ2n) is 6.72. The maximum absolute atomic E-state index is 12.8. The number of amides is 1. The van der Waals surface area contributed by atoms with Crippen molar-refractivity contribution < 1.29 is 21.6 Å². The molecule has 0 saturated carbocycles. The van der Waals surface area contributed by atoms with Crippen LogP contribution in [0.3, 0.4) is 0 Å². The van der Waals surface area contributed by atoms with Gasteiger partial charge < -0.3 is 5.32 Å². The first kappa shape index (κ1) is 23.3. The molecule has 0 aliphatic rings. The number of hydrogen-bond donors (Lipinski definition) is 2. The Balaban J connectivity index is 1.86. The monoisotopic (exact) mass is 488 g/mol. The molecule has 0 aromatic heterocycles. The Morgan fingerprint density at radius 2 is 1.56 bits per heavy atom. The second-order valence-corrected chi connectivity index (χ2v) is 10.8. The van der Waals surface area contributed by atoms with Crippen LogP contribution < -0.4 is 10.0 Å². The third-order valence-corrected chi connectivity index (χ3v) is 7.15. The third-order valence-electron chi connectivity index (χ3n) is 4.31. The van der Waals surface area contributed by atoms with Crippen LogP contribution >= 0.6 is 11.6 Å². The van der Waals surface area contributed by atoms with Gasteiger partial charge in [-0.05, 0) is 60.7 Å². The molecule has 10 heteroatoms. The number of nitrogens with one attached hydrogen (secondary N) is 2. The molecule has 3 aromatic carbocycles. The molecule has 0 saturated heterocycles. The van der Waals surface area contributed by atoms with Crippen molar-refractivity contribution in [1.82, 2.24) is 0 Å². The number of halogens is 1. The van der Waals surface area contributed by atoms with Crippen molar-refractivity contribution >= 4 is 48.7 Å². The fourth-order valence-electron chi connectivity index (χ4n) is 2.71. The second kappa shape index (κ2) is 9.04. The molecule has 164 valence electrons. The Kier molecular flexibility index (Phi) is 6.60. The minimum absolute atomic E-state index is 0.0481. The lowest BCUT2D eigenvalue weighted by molar-refractivity contribution is 0.102. The van der Waals surface area contributed by atoms with Crippen LogP contribution in [-0.2, 0) is 19.9 Å². The van der Waals surface area contributed by atoms with E-state index in [1.807, 2.05) is 0 Å². The number of carbonyl (C=O) groups is 1. The van der Waals surface area contributed by atoms with Crippen molar-refractivity contribution in [1.29, 1.82) is 0 Å². The molecule has 1 amide bonds. The van der Waals surface area contributed by atoms with Gasteiger partial charge in [-0.2, -0.15) is 0 Å². The Bertz CT molecular complexity index is 1440. The van der Waals surface area contributed by atoms with Crippen LogP contribution in [0.1, 0.15) is 15.9 Å². The van der Waals surface area contributed by atoms with E-state index in [1.165, 1.54) is 36.4 Å². The summed E-state index contributed by atoms with van der Waals surface area (Å²) in [5.41, 5.74) is 1.10. The van der Waals surface area contributed by atoms with Gasteiger partial charge in [0.05, 0.1) is 20.4 Å². The van der Waals surface area contributed by atoms with Crippen LogP contribution in [-0.4, -0.2) is 29.0 Å². The van der Waals surface area contributed by atoms with Gasteiger partial charge in [0, 0.05) is 23.2 Å². The molecule has 32 heavy (non-hydrogen) atoms. The van der Waals surface area contributed by atoms with Crippen molar-refractivity contribution in [3.8, 4) is 12.3 Å². The number of sulfonamides is 1. The first-order valence-corrected chi connectivity index (χ1v) is 12.8. The van der Waals surface area contributed by atoms with Gasteiger partial charge in [-0.1, -0.05) is 23.6 Å². The van der Waals surface area contributed by atoms with E-state index in [9.17, 15) is 21.6 Å². The Hall–Kier alpha value is -3.32. The number of anilines is 2. The van der Waals surface area contributed by atoms with Gasteiger partial charge >= 0.3 is 0 Å². The maximum Gasteiger partial charge on any atom is 0.261 e. The zero-order chi connectivity index (χ0) is 23.5. The summed E-state index contributed by atoms with van der Waals surface area (Å²) in [6.07, 6.45) is 6.41. The van der Waals surface area contributed by atoms with E-state index in [4.69, 9.17) is 18.0 Å². The summed E-state index contributed by atoms with van der Waals surface area (Å²) in [6.45, 7) is 0. The number of terminal acetylenes is 1. The molecule has 0 bridgehead atoms. The summed E-state index contributed by atoms with van der Waals surface area (Å²) in [6, 6.07) is 15.5. The lowest BCUT2D eigenvalue weighted by atomic mass is 10.2. The van der Waals surface area contributed by atoms with E-state index in [0.717, 1.165) is 12.3 Å². The third kappa shape index (κ3) is 5.48. The van der Waals surface area contributed by atoms with Crippen LogP contribution in [0.25, 0.3) is 0 Å². The molecule has 0 heterocycles. The lowest BCUT2D eigenvalue weighted by Crippen LogP contribution is -2.16. The highest BCUT2D eigenvalue weighted by molar-refractivity contribution is 7.92. The summed E-state index contributed by atoms with van der Waals surface area (Å²) in [5.74, 6) is 1.84. The van der Waals surface area contributed by atoms with Gasteiger partial charge in [0.1, 0.15) is 0 Å². The predicted octanol–water partition coefficient (Wildman–Crippen LogP) is 3.78. The fraction of sp³-hybridized carbons (Fsp3) is 0.0455. The molecule has 0 spiro atoms. The molecule has 2 N–H and O–H groups in total. The zero-order valence-electron chi connectivity index (χ0n) is 16.7. The maximum atomic E-state index is 12.8. The van der Waals surface area contributed by atoms with E-state index in [1.54, 1.807) is 24.3 Å². The van der Waals surface area contributed by atoms with E-state index in [-0.39, 0.29) is 26.1 Å². The number of rotatable bonds is 6. The first-order chi connectivity index (χ1) is 15.0. The van der Waals surface area contributed by atoms with Crippen LogP contribution in [0, 0.1) is 12.3 Å². The van der Waals surface area contributed by atoms with Gasteiger partial charge in [0.2, 0.25) is 0 Å². The quantitative estimate of drug-likeness (QED) is 0.513. The minimum atomic E-state index is -4.08. The Morgan fingerprint density at radius 3 is 2.19 bits per heavy atom. The molecule has 0 aliphatic carbocycles. The van der Waals surface area contributed by atoms with Gasteiger partial charge in [0.25, 0.3) is 15.9 Å². The molecule has 0 aliphatic heterocycles. The molecule has 0 unspecified atom stereocenters. The molecule has 0 atom stereocenters. The van der Waals surface area contributed by atoms with Crippen LogP contribution in [0.4, 0.5) is 11.4 Å². The van der Waals surface area contributed by atoms with Crippen molar-refractivity contribution in [2.75, 3.05) is 16.3 Å². The van der Waals surface area contributed by atoms with E-state index in [2.05, 4.69) is 16.0 Å². The molecule has 3 aromatic rings. The Labute approximate surface area is 191 Å². The lowest BCUT2D eigenvalue weighted by Gasteiger charge is -2.12. The smallest absolute Gasteiger partial charge is 0.261 e. The largest absolute Gasteiger partial charge is 0.322 e. The van der Waals surface area contributed by atoms with Crippen molar-refractivity contribution in [2.45, 2.75) is 9.79 Å². The van der Waals surface area contributed by atoms with Gasteiger partial charge in [-0.3, -0.25) is 9.52 Å². The minimum Gasteiger partial charge on any atom is -0.322 e. The summed E-state index contributed by atoms with van der Waals surface area (Å²) < 4.78 is 51.0. The molecular formula is C22H17ClN2O5S2. The summed E-state index contributed by atoms with van der Waals surface area (Å²) in [4.78, 5) is 12.5. The van der Waals surface area contributed by atoms with Gasteiger partial charge in [-0.25, -0.2) is 16.8 Å². The predicted molar refractivity (Wildman–Crippen MR) is 124 cm³/mol. The van der Waals surface area contributed by atoms with Crippen LogP contribution in [0.2, 0.25) is 5.02 Å². The summed E-state index contributed by atoms with van der Waals surface area (Å²) in [5, 5.41) is 2.69. The van der Waals surface area contributed by atoms with Crippen LogP contribution in [0.15, 0.2) is 76.5 Å². The SMILES string of the molecule is C#Cc1cccc(NC(=O)c2cc(S(=O)(=O)Nc3ccc(S(C)(=O)=O)cc3)ccc2Cl)c1. The molecular weight excluding hydrogens is 472 g/mol. The van der Waals surface area contributed by atoms with Crippen molar-refractivity contribution in [2.24, 2.45) is 0 Å². The number of hydrogen-bond acceptors (Lipinski definition) is 5. The van der Waals surface area contributed by atoms with E-state index in [0.29, 0.717) is 11.3 Å². The highest BCUT2D eigenvalue weighted by atomic mass is 35.5. The van der Waals surface area contributed by atoms with Gasteiger partial charge in [-0.15, -0.1) is 6.42 Å². The number of carbonyl (C=O) groups excluding carboxylic acids is 1. The number of sulfone groups is 1. The van der Waals surface area contributed by atoms with Crippen LogP contribution in [0.5, 0.6) is 0 Å². The van der Waals surface area contributed by atoms with E-state index < -0.39 is 25.8 Å². The summed E-state index contributed by atoms with van der Waals surface area (Å²) >= 11 is 6.12. The normalized spacial score (nSPS) is 11.4.